The van der Waals surface area contributed by atoms with Crippen molar-refractivity contribution >= 4 is 15.9 Å². The van der Waals surface area contributed by atoms with Crippen LogP contribution in [0.3, 0.4) is 0 Å². The van der Waals surface area contributed by atoms with Crippen molar-refractivity contribution in [2.75, 3.05) is 0 Å². The molecule has 1 N–H and O–H groups in total. The zero-order valence-electron chi connectivity index (χ0n) is 11.5. The van der Waals surface area contributed by atoms with E-state index in [0.29, 0.717) is 0 Å². The molecule has 2 rings (SSSR count). The van der Waals surface area contributed by atoms with Crippen LogP contribution in [-0.4, -0.2) is 9.78 Å². The number of benzene rings is 1. The fourth-order valence-corrected chi connectivity index (χ4v) is 2.81. The topological polar surface area (TPSA) is 29.9 Å². The molecule has 0 bridgehead atoms. The molecule has 0 saturated heterocycles. The van der Waals surface area contributed by atoms with Crippen LogP contribution in [0, 0.1) is 0 Å². The van der Waals surface area contributed by atoms with Crippen LogP contribution in [0.5, 0.6) is 0 Å². The van der Waals surface area contributed by atoms with Crippen molar-refractivity contribution in [3.05, 3.63) is 51.8 Å². The van der Waals surface area contributed by atoms with E-state index in [9.17, 15) is 0 Å². The number of nitrogens with one attached hydrogen (secondary N) is 1. The van der Waals surface area contributed by atoms with Gasteiger partial charge < -0.3 is 5.32 Å². The molecule has 0 fully saturated rings. The van der Waals surface area contributed by atoms with E-state index in [2.05, 4.69) is 69.1 Å². The minimum atomic E-state index is 0.830. The van der Waals surface area contributed by atoms with Gasteiger partial charge in [-0.25, -0.2) is 0 Å². The maximum absolute atomic E-state index is 4.60. The van der Waals surface area contributed by atoms with Crippen molar-refractivity contribution in [3.63, 3.8) is 0 Å². The molecule has 0 unspecified atom stereocenters. The maximum atomic E-state index is 4.60. The molecule has 0 aliphatic rings. The van der Waals surface area contributed by atoms with Gasteiger partial charge in [-0.3, -0.25) is 4.68 Å². The molecule has 0 aliphatic carbocycles. The summed E-state index contributed by atoms with van der Waals surface area (Å²) in [5.41, 5.74) is 3.67. The largest absolute Gasteiger partial charge is 0.307 e. The average Bonchev–Trinajstić information content (AvgIpc) is 2.76. The number of aryl methyl sites for hydroxylation is 2. The molecular formula is C15H20BrN3. The zero-order valence-corrected chi connectivity index (χ0v) is 13.1. The Labute approximate surface area is 123 Å². The van der Waals surface area contributed by atoms with E-state index >= 15 is 0 Å². The van der Waals surface area contributed by atoms with Crippen molar-refractivity contribution in [1.29, 1.82) is 0 Å². The van der Waals surface area contributed by atoms with Crippen molar-refractivity contribution in [2.24, 2.45) is 0 Å². The summed E-state index contributed by atoms with van der Waals surface area (Å²) in [5, 5.41) is 8.08. The molecule has 0 spiro atoms. The molecule has 3 nitrogen and oxygen atoms in total. The molecule has 0 atom stereocenters. The van der Waals surface area contributed by atoms with Gasteiger partial charge in [-0.15, -0.1) is 0 Å². The maximum Gasteiger partial charge on any atom is 0.0767 e. The van der Waals surface area contributed by atoms with E-state index in [-0.39, 0.29) is 0 Å². The third-order valence-corrected chi connectivity index (χ3v) is 4.07. The van der Waals surface area contributed by atoms with Crippen molar-refractivity contribution in [3.8, 4) is 0 Å². The van der Waals surface area contributed by atoms with E-state index in [1.165, 1.54) is 11.3 Å². The first kappa shape index (κ1) is 14.3. The Morgan fingerprint density at radius 2 is 1.89 bits per heavy atom. The Hall–Kier alpha value is -1.13. The Bertz CT molecular complexity index is 520. The second-order valence-electron chi connectivity index (χ2n) is 4.47. The molecule has 1 heterocycles. The van der Waals surface area contributed by atoms with Gasteiger partial charge in [0.25, 0.3) is 0 Å². The molecular weight excluding hydrogens is 302 g/mol. The first-order valence-corrected chi connectivity index (χ1v) is 7.54. The molecule has 1 aromatic carbocycles. The Balaban J connectivity index is 2.01. The fourth-order valence-electron chi connectivity index (χ4n) is 2.11. The summed E-state index contributed by atoms with van der Waals surface area (Å²) < 4.78 is 3.22. The number of aromatic nitrogens is 2. The van der Waals surface area contributed by atoms with Crippen LogP contribution in [-0.2, 0) is 26.1 Å². The SMILES string of the molecule is CCc1nn(CC)c(CNCc2ccccc2)c1Br. The van der Waals surface area contributed by atoms with Gasteiger partial charge in [-0.2, -0.15) is 5.10 Å². The van der Waals surface area contributed by atoms with Gasteiger partial charge in [0.2, 0.25) is 0 Å². The van der Waals surface area contributed by atoms with E-state index in [1.807, 2.05) is 6.07 Å². The lowest BCUT2D eigenvalue weighted by Gasteiger charge is -2.07. The summed E-state index contributed by atoms with van der Waals surface area (Å²) in [7, 11) is 0. The van der Waals surface area contributed by atoms with E-state index in [4.69, 9.17) is 0 Å². The molecule has 4 heteroatoms. The van der Waals surface area contributed by atoms with Crippen LogP contribution in [0.2, 0.25) is 0 Å². The van der Waals surface area contributed by atoms with Gasteiger partial charge >= 0.3 is 0 Å². The summed E-state index contributed by atoms with van der Waals surface area (Å²) in [4.78, 5) is 0. The molecule has 19 heavy (non-hydrogen) atoms. The first-order valence-electron chi connectivity index (χ1n) is 6.75. The van der Waals surface area contributed by atoms with Gasteiger partial charge in [0.1, 0.15) is 0 Å². The Morgan fingerprint density at radius 1 is 1.16 bits per heavy atom. The van der Waals surface area contributed by atoms with E-state index in [1.54, 1.807) is 0 Å². The first-order chi connectivity index (χ1) is 9.26. The van der Waals surface area contributed by atoms with Gasteiger partial charge in [0.05, 0.1) is 15.9 Å². The number of hydrogen-bond acceptors (Lipinski definition) is 2. The summed E-state index contributed by atoms with van der Waals surface area (Å²) >= 11 is 3.67. The van der Waals surface area contributed by atoms with E-state index < -0.39 is 0 Å². The predicted molar refractivity (Wildman–Crippen MR) is 82.0 cm³/mol. The zero-order chi connectivity index (χ0) is 13.7. The van der Waals surface area contributed by atoms with Gasteiger partial charge in [-0.05, 0) is 34.8 Å². The van der Waals surface area contributed by atoms with Crippen molar-refractivity contribution in [2.45, 2.75) is 39.9 Å². The van der Waals surface area contributed by atoms with Gasteiger partial charge in [0.15, 0.2) is 0 Å². The minimum Gasteiger partial charge on any atom is -0.307 e. The number of halogens is 1. The normalized spacial score (nSPS) is 10.9. The minimum absolute atomic E-state index is 0.830. The Morgan fingerprint density at radius 3 is 2.53 bits per heavy atom. The van der Waals surface area contributed by atoms with E-state index in [0.717, 1.165) is 36.2 Å². The lowest BCUT2D eigenvalue weighted by atomic mass is 10.2. The van der Waals surface area contributed by atoms with Gasteiger partial charge in [0, 0.05) is 19.6 Å². The van der Waals surface area contributed by atoms with Crippen molar-refractivity contribution < 1.29 is 0 Å². The summed E-state index contributed by atoms with van der Waals surface area (Å²) in [6.07, 6.45) is 0.958. The smallest absolute Gasteiger partial charge is 0.0767 e. The highest BCUT2D eigenvalue weighted by Crippen LogP contribution is 2.22. The fraction of sp³-hybridized carbons (Fsp3) is 0.400. The molecule has 2 aromatic rings. The van der Waals surface area contributed by atoms with Crippen LogP contribution in [0.25, 0.3) is 0 Å². The summed E-state index contributed by atoms with van der Waals surface area (Å²) in [6.45, 7) is 6.87. The van der Waals surface area contributed by atoms with Crippen LogP contribution >= 0.6 is 15.9 Å². The molecule has 0 radical (unpaired) electrons. The third kappa shape index (κ3) is 3.45. The number of hydrogen-bond donors (Lipinski definition) is 1. The predicted octanol–water partition coefficient (Wildman–Crippen LogP) is 3.52. The second-order valence-corrected chi connectivity index (χ2v) is 5.26. The van der Waals surface area contributed by atoms with Crippen LogP contribution < -0.4 is 5.32 Å². The number of nitrogens with zero attached hydrogens (tertiary/aromatic N) is 2. The molecule has 102 valence electrons. The molecule has 0 amide bonds. The number of rotatable bonds is 6. The highest BCUT2D eigenvalue weighted by molar-refractivity contribution is 9.10. The quantitative estimate of drug-likeness (QED) is 0.882. The van der Waals surface area contributed by atoms with Crippen LogP contribution in [0.1, 0.15) is 30.8 Å². The molecule has 0 saturated carbocycles. The Kier molecular flexibility index (Phi) is 5.16. The third-order valence-electron chi connectivity index (χ3n) is 3.16. The standard InChI is InChI=1S/C15H20BrN3/c1-3-13-15(16)14(19(4-2)18-13)11-17-10-12-8-6-5-7-9-12/h5-9,17H,3-4,10-11H2,1-2H3. The van der Waals surface area contributed by atoms with Crippen LogP contribution in [0.4, 0.5) is 0 Å². The van der Waals surface area contributed by atoms with Gasteiger partial charge in [-0.1, -0.05) is 37.3 Å². The van der Waals surface area contributed by atoms with Crippen LogP contribution in [0.15, 0.2) is 34.8 Å². The second kappa shape index (κ2) is 6.87. The highest BCUT2D eigenvalue weighted by atomic mass is 79.9. The summed E-state index contributed by atoms with van der Waals surface area (Å²) in [5.74, 6) is 0. The highest BCUT2D eigenvalue weighted by Gasteiger charge is 2.12. The lowest BCUT2D eigenvalue weighted by molar-refractivity contribution is 0.576. The monoisotopic (exact) mass is 321 g/mol. The summed E-state index contributed by atoms with van der Waals surface area (Å²) in [6, 6.07) is 10.4. The lowest BCUT2D eigenvalue weighted by Crippen LogP contribution is -2.16. The van der Waals surface area contributed by atoms with Crippen molar-refractivity contribution in [1.82, 2.24) is 15.1 Å². The molecule has 0 aliphatic heterocycles. The average molecular weight is 322 g/mol. The molecule has 1 aromatic heterocycles.